The second-order valence-corrected chi connectivity index (χ2v) is 5.35. The van der Waals surface area contributed by atoms with Crippen LogP contribution in [0.5, 0.6) is 0 Å². The van der Waals surface area contributed by atoms with Crippen LogP contribution in [0, 0.1) is 0 Å². The van der Waals surface area contributed by atoms with Crippen molar-refractivity contribution < 1.29 is 24.2 Å². The second kappa shape index (κ2) is 7.73. The molecule has 1 aliphatic heterocycles. The normalized spacial score (nSPS) is 15.0. The summed E-state index contributed by atoms with van der Waals surface area (Å²) in [6.07, 6.45) is 1.16. The zero-order chi connectivity index (χ0) is 16.8. The molecule has 1 aromatic rings. The highest BCUT2D eigenvalue weighted by molar-refractivity contribution is 6.01. The molecule has 0 bridgehead atoms. The molecule has 1 aromatic carbocycles. The van der Waals surface area contributed by atoms with Gasteiger partial charge in [0.1, 0.15) is 12.6 Å². The molecule has 1 atom stereocenters. The molecule has 0 aromatic heterocycles. The van der Waals surface area contributed by atoms with E-state index >= 15 is 0 Å². The number of carboxylic acid groups (broad SMARTS) is 1. The first-order valence-electron chi connectivity index (χ1n) is 7.42. The van der Waals surface area contributed by atoms with Gasteiger partial charge in [0, 0.05) is 32.2 Å². The first-order valence-corrected chi connectivity index (χ1v) is 7.42. The zero-order valence-corrected chi connectivity index (χ0v) is 12.9. The maximum Gasteiger partial charge on any atom is 0.326 e. The first kappa shape index (κ1) is 17.0. The smallest absolute Gasteiger partial charge is 0.326 e. The number of aliphatic carboxylic acids is 1. The molecular weight excluding hydrogens is 300 g/mol. The highest BCUT2D eigenvalue weighted by Gasteiger charge is 2.27. The summed E-state index contributed by atoms with van der Waals surface area (Å²) in [6, 6.07) is 6.38. The number of para-hydroxylation sites is 1. The Morgan fingerprint density at radius 2 is 2.09 bits per heavy atom. The third kappa shape index (κ3) is 4.29. The predicted molar refractivity (Wildman–Crippen MR) is 83.2 cm³/mol. The van der Waals surface area contributed by atoms with Crippen LogP contribution in [0.25, 0.3) is 0 Å². The number of rotatable bonds is 7. The number of nitrogens with one attached hydrogen (secondary N) is 1. The molecule has 1 heterocycles. The van der Waals surface area contributed by atoms with Crippen LogP contribution < -0.4 is 10.2 Å². The Labute approximate surface area is 134 Å². The fourth-order valence-corrected chi connectivity index (χ4v) is 2.55. The van der Waals surface area contributed by atoms with E-state index in [9.17, 15) is 14.4 Å². The van der Waals surface area contributed by atoms with Gasteiger partial charge in [0.05, 0.1) is 0 Å². The largest absolute Gasteiger partial charge is 0.480 e. The molecule has 2 N–H and O–H groups in total. The van der Waals surface area contributed by atoms with Crippen molar-refractivity contribution >= 4 is 23.5 Å². The van der Waals surface area contributed by atoms with E-state index in [0.29, 0.717) is 18.5 Å². The molecule has 2 rings (SSSR count). The molecule has 0 radical (unpaired) electrons. The van der Waals surface area contributed by atoms with Crippen molar-refractivity contribution in [3.63, 3.8) is 0 Å². The molecule has 1 unspecified atom stereocenters. The number of nitrogens with zero attached hydrogens (tertiary/aromatic N) is 1. The van der Waals surface area contributed by atoms with Gasteiger partial charge in [-0.3, -0.25) is 9.59 Å². The Bertz CT molecular complexity index is 602. The lowest BCUT2D eigenvalue weighted by molar-refractivity contribution is -0.142. The van der Waals surface area contributed by atoms with Gasteiger partial charge in [-0.1, -0.05) is 18.2 Å². The average Bonchev–Trinajstić information content (AvgIpc) is 2.54. The van der Waals surface area contributed by atoms with E-state index in [1.807, 2.05) is 12.1 Å². The van der Waals surface area contributed by atoms with Crippen molar-refractivity contribution in [3.05, 3.63) is 29.8 Å². The summed E-state index contributed by atoms with van der Waals surface area (Å²) in [7, 11) is 1.46. The lowest BCUT2D eigenvalue weighted by Gasteiger charge is -2.29. The van der Waals surface area contributed by atoms with Crippen LogP contribution in [0.3, 0.4) is 0 Å². The van der Waals surface area contributed by atoms with E-state index in [1.54, 1.807) is 12.1 Å². The van der Waals surface area contributed by atoms with E-state index in [1.165, 1.54) is 12.0 Å². The van der Waals surface area contributed by atoms with Gasteiger partial charge in [0.25, 0.3) is 0 Å². The number of hydrogen-bond donors (Lipinski definition) is 2. The Morgan fingerprint density at radius 3 is 2.78 bits per heavy atom. The number of benzene rings is 1. The molecule has 1 aliphatic rings. The standard InChI is InChI=1S/C16H20N2O5/c1-23-9-8-12(16(21)22)17-14(19)10-18-13-5-3-2-4-11(13)6-7-15(18)20/h2-5,12H,6-10H2,1H3,(H,17,19)(H,21,22). The van der Waals surface area contributed by atoms with Crippen LogP contribution >= 0.6 is 0 Å². The molecule has 7 heteroatoms. The van der Waals surface area contributed by atoms with E-state index in [2.05, 4.69) is 5.32 Å². The topological polar surface area (TPSA) is 95.9 Å². The molecule has 124 valence electrons. The van der Waals surface area contributed by atoms with Gasteiger partial charge < -0.3 is 20.1 Å². The van der Waals surface area contributed by atoms with Crippen LogP contribution in [0.4, 0.5) is 5.69 Å². The SMILES string of the molecule is COCCC(NC(=O)CN1C(=O)CCc2ccccc21)C(=O)O. The molecule has 7 nitrogen and oxygen atoms in total. The van der Waals surface area contributed by atoms with Crippen LogP contribution in [-0.4, -0.2) is 49.2 Å². The van der Waals surface area contributed by atoms with Crippen LogP contribution in [0.1, 0.15) is 18.4 Å². The van der Waals surface area contributed by atoms with E-state index in [4.69, 9.17) is 9.84 Å². The van der Waals surface area contributed by atoms with E-state index < -0.39 is 17.9 Å². The summed E-state index contributed by atoms with van der Waals surface area (Å²) in [5.74, 6) is -1.76. The minimum atomic E-state index is -1.12. The third-order valence-electron chi connectivity index (χ3n) is 3.74. The summed E-state index contributed by atoms with van der Waals surface area (Å²) in [4.78, 5) is 36.8. The Morgan fingerprint density at radius 1 is 1.35 bits per heavy atom. The van der Waals surface area contributed by atoms with Crippen molar-refractivity contribution in [2.45, 2.75) is 25.3 Å². The number of carbonyl (C=O) groups is 3. The summed E-state index contributed by atoms with van der Waals surface area (Å²) in [6.45, 7) is 0.0370. The molecule has 23 heavy (non-hydrogen) atoms. The fraction of sp³-hybridized carbons (Fsp3) is 0.438. The highest BCUT2D eigenvalue weighted by atomic mass is 16.5. The van der Waals surface area contributed by atoms with Crippen LogP contribution in [0.15, 0.2) is 24.3 Å². The van der Waals surface area contributed by atoms with E-state index in [0.717, 1.165) is 5.56 Å². The van der Waals surface area contributed by atoms with Crippen LogP contribution in [-0.2, 0) is 25.5 Å². The Kier molecular flexibility index (Phi) is 5.70. The van der Waals surface area contributed by atoms with Gasteiger partial charge in [-0.15, -0.1) is 0 Å². The van der Waals surface area contributed by atoms with Crippen molar-refractivity contribution in [1.82, 2.24) is 5.32 Å². The van der Waals surface area contributed by atoms with Gasteiger partial charge in [-0.2, -0.15) is 0 Å². The molecule has 0 spiro atoms. The van der Waals surface area contributed by atoms with Gasteiger partial charge in [-0.05, 0) is 18.1 Å². The molecule has 0 saturated carbocycles. The summed E-state index contributed by atoms with van der Waals surface area (Å²) >= 11 is 0. The second-order valence-electron chi connectivity index (χ2n) is 5.35. The Balaban J connectivity index is 2.04. The summed E-state index contributed by atoms with van der Waals surface area (Å²) in [5.41, 5.74) is 1.72. The number of carbonyl (C=O) groups excluding carboxylic acids is 2. The van der Waals surface area contributed by atoms with Crippen molar-refractivity contribution in [2.75, 3.05) is 25.2 Å². The number of ether oxygens (including phenoxy) is 1. The minimum absolute atomic E-state index is 0.136. The van der Waals surface area contributed by atoms with Crippen molar-refractivity contribution in [3.8, 4) is 0 Å². The fourth-order valence-electron chi connectivity index (χ4n) is 2.55. The quantitative estimate of drug-likeness (QED) is 0.766. The minimum Gasteiger partial charge on any atom is -0.480 e. The number of anilines is 1. The molecule has 0 fully saturated rings. The zero-order valence-electron chi connectivity index (χ0n) is 12.9. The van der Waals surface area contributed by atoms with Crippen molar-refractivity contribution in [2.24, 2.45) is 0 Å². The number of fused-ring (bicyclic) bond motifs is 1. The first-order chi connectivity index (χ1) is 11.0. The molecule has 0 saturated heterocycles. The predicted octanol–water partition coefficient (Wildman–Crippen LogP) is 0.572. The van der Waals surface area contributed by atoms with Gasteiger partial charge >= 0.3 is 5.97 Å². The van der Waals surface area contributed by atoms with Crippen molar-refractivity contribution in [1.29, 1.82) is 0 Å². The third-order valence-corrected chi connectivity index (χ3v) is 3.74. The molecular formula is C16H20N2O5. The maximum absolute atomic E-state index is 12.1. The Hall–Kier alpha value is -2.41. The summed E-state index contributed by atoms with van der Waals surface area (Å²) < 4.78 is 4.84. The van der Waals surface area contributed by atoms with E-state index in [-0.39, 0.29) is 25.5 Å². The molecule has 0 aliphatic carbocycles. The lowest BCUT2D eigenvalue weighted by atomic mass is 10.0. The van der Waals surface area contributed by atoms with Gasteiger partial charge in [-0.25, -0.2) is 4.79 Å². The monoisotopic (exact) mass is 320 g/mol. The van der Waals surface area contributed by atoms with Gasteiger partial charge in [0.2, 0.25) is 11.8 Å². The highest BCUT2D eigenvalue weighted by Crippen LogP contribution is 2.27. The van der Waals surface area contributed by atoms with Crippen LogP contribution in [0.2, 0.25) is 0 Å². The maximum atomic E-state index is 12.1. The molecule has 2 amide bonds. The van der Waals surface area contributed by atoms with Gasteiger partial charge in [0.15, 0.2) is 0 Å². The summed E-state index contributed by atoms with van der Waals surface area (Å²) in [5, 5.41) is 11.6. The number of amides is 2. The lowest BCUT2D eigenvalue weighted by Crippen LogP contribution is -2.48. The number of hydrogen-bond acceptors (Lipinski definition) is 4. The number of methoxy groups -OCH3 is 1. The number of carboxylic acids is 1. The number of aryl methyl sites for hydroxylation is 1. The average molecular weight is 320 g/mol.